The number of hydrogen-bond donors (Lipinski definition) is 0. The van der Waals surface area contributed by atoms with E-state index in [9.17, 15) is 14.4 Å². The van der Waals surface area contributed by atoms with E-state index in [-0.39, 0.29) is 72.0 Å². The highest BCUT2D eigenvalue weighted by Crippen LogP contribution is 2.29. The van der Waals surface area contributed by atoms with Crippen LogP contribution in [0.1, 0.15) is 51.8 Å². The van der Waals surface area contributed by atoms with Gasteiger partial charge in [-0.2, -0.15) is 0 Å². The van der Waals surface area contributed by atoms with Crippen LogP contribution in [-0.4, -0.2) is 89.3 Å². The van der Waals surface area contributed by atoms with Crippen molar-refractivity contribution < 1.29 is 41.8 Å². The fourth-order valence-electron chi connectivity index (χ4n) is 6.09. The summed E-state index contributed by atoms with van der Waals surface area (Å²) >= 11 is 0. The van der Waals surface area contributed by atoms with Gasteiger partial charge in [-0.15, -0.1) is 15.3 Å². The van der Waals surface area contributed by atoms with Crippen molar-refractivity contribution in [3.8, 4) is 51.6 Å². The average Bonchev–Trinajstić information content (AvgIpc) is 4.10. The molecule has 18 nitrogen and oxygen atoms in total. The number of benzene rings is 4. The summed E-state index contributed by atoms with van der Waals surface area (Å²) in [6.45, 7) is 5.45. The van der Waals surface area contributed by atoms with Crippen molar-refractivity contribution in [3.63, 3.8) is 0 Å². The summed E-state index contributed by atoms with van der Waals surface area (Å²) in [5.41, 5.74) is 1.71. The Balaban J connectivity index is 1.25. The van der Waals surface area contributed by atoms with Gasteiger partial charge in [-0.1, -0.05) is 15.3 Å². The molecule has 0 radical (unpaired) electrons. The SMILES string of the molecule is CCN(C(=O)c1cc(C(=O)N(CC)c2nnc(-c3ccc(OC)cc3)o2)cc(C(=O)N(CC)c2nnc(-c3ccc(OC)cc3)o2)c1)c1nnc(-c2ccc(OC)cc2)o1. The number of carbonyl (C=O) groups is 3. The van der Waals surface area contributed by atoms with Crippen molar-refractivity contribution >= 4 is 35.8 Å². The van der Waals surface area contributed by atoms with Gasteiger partial charge >= 0.3 is 18.0 Å². The minimum atomic E-state index is -0.628. The van der Waals surface area contributed by atoms with Gasteiger partial charge in [0.2, 0.25) is 17.7 Å². The molecule has 0 saturated carbocycles. The fraction of sp³-hybridized carbons (Fsp3) is 0.214. The molecular formula is C42H39N9O9. The Kier molecular flexibility index (Phi) is 11.9. The molecule has 0 aliphatic carbocycles. The number of ether oxygens (including phenoxy) is 3. The number of carbonyl (C=O) groups excluding carboxylic acids is 3. The first-order valence-electron chi connectivity index (χ1n) is 18.7. The van der Waals surface area contributed by atoms with Crippen LogP contribution in [0.3, 0.4) is 0 Å². The van der Waals surface area contributed by atoms with Crippen molar-refractivity contribution in [1.29, 1.82) is 0 Å². The third-order valence-corrected chi connectivity index (χ3v) is 9.30. The topological polar surface area (TPSA) is 205 Å². The van der Waals surface area contributed by atoms with E-state index in [4.69, 9.17) is 27.5 Å². The van der Waals surface area contributed by atoms with Crippen LogP contribution in [0.5, 0.6) is 17.2 Å². The number of nitrogens with zero attached hydrogens (tertiary/aromatic N) is 9. The van der Waals surface area contributed by atoms with Crippen LogP contribution >= 0.6 is 0 Å². The van der Waals surface area contributed by atoms with Gasteiger partial charge in [-0.3, -0.25) is 29.1 Å². The number of methoxy groups -OCH3 is 3. The van der Waals surface area contributed by atoms with Crippen molar-refractivity contribution in [3.05, 3.63) is 108 Å². The van der Waals surface area contributed by atoms with E-state index >= 15 is 0 Å². The summed E-state index contributed by atoms with van der Waals surface area (Å²) in [5, 5.41) is 24.9. The maximum Gasteiger partial charge on any atom is 0.325 e. The van der Waals surface area contributed by atoms with Gasteiger partial charge in [-0.25, -0.2) is 0 Å². The number of rotatable bonds is 15. The molecule has 0 fully saturated rings. The predicted octanol–water partition coefficient (Wildman–Crippen LogP) is 6.86. The minimum absolute atomic E-state index is 0.0312. The minimum Gasteiger partial charge on any atom is -0.497 e. The van der Waals surface area contributed by atoms with Crippen LogP contribution in [0.4, 0.5) is 18.0 Å². The Labute approximate surface area is 343 Å². The van der Waals surface area contributed by atoms with Crippen LogP contribution < -0.4 is 28.9 Å². The molecule has 60 heavy (non-hydrogen) atoms. The third kappa shape index (κ3) is 8.24. The van der Waals surface area contributed by atoms with Crippen molar-refractivity contribution in [2.24, 2.45) is 0 Å². The number of aromatic nitrogens is 6. The van der Waals surface area contributed by atoms with E-state index in [2.05, 4.69) is 30.6 Å². The fourth-order valence-corrected chi connectivity index (χ4v) is 6.09. The molecule has 7 rings (SSSR count). The molecular weight excluding hydrogens is 775 g/mol. The molecule has 4 aromatic carbocycles. The molecule has 18 heteroatoms. The Morgan fingerprint density at radius 1 is 0.433 bits per heavy atom. The molecule has 0 spiro atoms. The van der Waals surface area contributed by atoms with E-state index in [1.807, 2.05) is 0 Å². The highest BCUT2D eigenvalue weighted by molar-refractivity contribution is 6.13. The second-order valence-electron chi connectivity index (χ2n) is 12.8. The summed E-state index contributed by atoms with van der Waals surface area (Å²) in [4.78, 5) is 47.0. The van der Waals surface area contributed by atoms with Crippen LogP contribution in [0.15, 0.2) is 104 Å². The number of amides is 3. The van der Waals surface area contributed by atoms with E-state index in [1.54, 1.807) is 115 Å². The number of anilines is 3. The molecule has 3 heterocycles. The molecule has 3 amide bonds. The predicted molar refractivity (Wildman–Crippen MR) is 217 cm³/mol. The molecule has 306 valence electrons. The van der Waals surface area contributed by atoms with Crippen LogP contribution in [0, 0.1) is 0 Å². The molecule has 0 unspecified atom stereocenters. The van der Waals surface area contributed by atoms with Gasteiger partial charge in [0.25, 0.3) is 17.7 Å². The third-order valence-electron chi connectivity index (χ3n) is 9.30. The highest BCUT2D eigenvalue weighted by Gasteiger charge is 2.30. The quantitative estimate of drug-likeness (QED) is 0.104. The first-order valence-corrected chi connectivity index (χ1v) is 18.7. The van der Waals surface area contributed by atoms with Crippen LogP contribution in [0.2, 0.25) is 0 Å². The van der Waals surface area contributed by atoms with E-state index < -0.39 is 17.7 Å². The lowest BCUT2D eigenvalue weighted by atomic mass is 10.0. The standard InChI is InChI=1S/C42H39N9O9/c1-7-49(40-46-43-34(58-40)25-10-16-31(55-4)17-11-25)37(52)28-22-29(38(53)50(8-2)41-47-44-35(59-41)26-12-18-32(56-5)19-13-26)24-30(23-28)39(54)51(9-3)42-48-45-36(60-42)27-14-20-33(57-6)21-15-27/h10-24H,7-9H2,1-6H3. The zero-order valence-electron chi connectivity index (χ0n) is 33.5. The Morgan fingerprint density at radius 3 is 0.900 bits per heavy atom. The van der Waals surface area contributed by atoms with Crippen LogP contribution in [-0.2, 0) is 0 Å². The molecule has 7 aromatic rings. The Hall–Kier alpha value is -7.89. The zero-order valence-corrected chi connectivity index (χ0v) is 33.5. The maximum atomic E-state index is 14.4. The number of hydrogen-bond acceptors (Lipinski definition) is 15. The lowest BCUT2D eigenvalue weighted by Gasteiger charge is -2.21. The van der Waals surface area contributed by atoms with Crippen molar-refractivity contribution in [2.45, 2.75) is 20.8 Å². The van der Waals surface area contributed by atoms with Gasteiger partial charge < -0.3 is 27.5 Å². The van der Waals surface area contributed by atoms with Gasteiger partial charge in [0.05, 0.1) is 21.3 Å². The zero-order chi connectivity index (χ0) is 42.3. The second kappa shape index (κ2) is 17.7. The normalized spacial score (nSPS) is 10.9. The monoisotopic (exact) mass is 813 g/mol. The summed E-state index contributed by atoms with van der Waals surface area (Å²) in [7, 11) is 4.67. The molecule has 3 aromatic heterocycles. The summed E-state index contributed by atoms with van der Waals surface area (Å²) in [6, 6.07) is 24.7. The maximum absolute atomic E-state index is 14.4. The Bertz CT molecular complexity index is 2310. The highest BCUT2D eigenvalue weighted by atomic mass is 16.5. The lowest BCUT2D eigenvalue weighted by Crippen LogP contribution is -2.35. The molecule has 0 saturated heterocycles. The van der Waals surface area contributed by atoms with Crippen LogP contribution in [0.25, 0.3) is 34.4 Å². The second-order valence-corrected chi connectivity index (χ2v) is 12.8. The molecule has 0 aliphatic rings. The van der Waals surface area contributed by atoms with Gasteiger partial charge in [-0.05, 0) is 112 Å². The molecule has 0 N–H and O–H groups in total. The lowest BCUT2D eigenvalue weighted by molar-refractivity contribution is 0.0982. The summed E-state index contributed by atoms with van der Waals surface area (Å²) < 4.78 is 33.6. The molecule has 0 atom stereocenters. The smallest absolute Gasteiger partial charge is 0.325 e. The van der Waals surface area contributed by atoms with Gasteiger partial charge in [0.1, 0.15) is 17.2 Å². The van der Waals surface area contributed by atoms with E-state index in [0.717, 1.165) is 0 Å². The Morgan fingerprint density at radius 2 is 0.683 bits per heavy atom. The van der Waals surface area contributed by atoms with E-state index in [1.165, 1.54) is 32.9 Å². The first kappa shape index (κ1) is 40.3. The van der Waals surface area contributed by atoms with Gasteiger partial charge in [0, 0.05) is 53.0 Å². The molecule has 0 aliphatic heterocycles. The molecule has 0 bridgehead atoms. The summed E-state index contributed by atoms with van der Waals surface area (Å²) in [5.74, 6) is 0.527. The van der Waals surface area contributed by atoms with Crippen molar-refractivity contribution in [2.75, 3.05) is 55.7 Å². The van der Waals surface area contributed by atoms with Crippen molar-refractivity contribution in [1.82, 2.24) is 30.6 Å². The first-order chi connectivity index (χ1) is 29.2. The van der Waals surface area contributed by atoms with E-state index in [0.29, 0.717) is 33.9 Å². The average molecular weight is 814 g/mol. The largest absolute Gasteiger partial charge is 0.497 e. The van der Waals surface area contributed by atoms with Gasteiger partial charge in [0.15, 0.2) is 0 Å². The summed E-state index contributed by atoms with van der Waals surface area (Å²) in [6.07, 6.45) is 0.